The predicted octanol–water partition coefficient (Wildman–Crippen LogP) is 2.31. The SMILES string of the molecule is CCCC[S+]([O-])c1sc(C(C)=O)c(N)c1C#N. The van der Waals surface area contributed by atoms with E-state index in [0.29, 0.717) is 14.8 Å². The van der Waals surface area contributed by atoms with E-state index in [1.165, 1.54) is 6.92 Å². The second-order valence-electron chi connectivity index (χ2n) is 3.58. The molecule has 17 heavy (non-hydrogen) atoms. The average molecular weight is 270 g/mol. The van der Waals surface area contributed by atoms with Crippen molar-refractivity contribution in [2.24, 2.45) is 0 Å². The van der Waals surface area contributed by atoms with Gasteiger partial charge in [-0.15, -0.1) is 0 Å². The number of ketones is 1. The Morgan fingerprint density at radius 2 is 2.29 bits per heavy atom. The molecule has 0 saturated carbocycles. The first-order valence-electron chi connectivity index (χ1n) is 5.24. The van der Waals surface area contributed by atoms with Crippen molar-refractivity contribution < 1.29 is 9.35 Å². The molecular formula is C11H14N2O2S2. The van der Waals surface area contributed by atoms with Gasteiger partial charge in [0.15, 0.2) is 5.78 Å². The first-order chi connectivity index (χ1) is 8.02. The fraction of sp³-hybridized carbons (Fsp3) is 0.455. The average Bonchev–Trinajstić information content (AvgIpc) is 2.63. The molecule has 0 bridgehead atoms. The molecule has 6 heteroatoms. The summed E-state index contributed by atoms with van der Waals surface area (Å²) in [7, 11) is 0. The van der Waals surface area contributed by atoms with Crippen LogP contribution in [0.5, 0.6) is 0 Å². The number of Topliss-reactive ketones (excluding diaryl/α,β-unsaturated/α-hetero) is 1. The minimum absolute atomic E-state index is 0.171. The van der Waals surface area contributed by atoms with Crippen molar-refractivity contribution >= 4 is 34.0 Å². The van der Waals surface area contributed by atoms with Crippen LogP contribution in [0.3, 0.4) is 0 Å². The van der Waals surface area contributed by atoms with Gasteiger partial charge in [0, 0.05) is 6.92 Å². The highest BCUT2D eigenvalue weighted by Gasteiger charge is 2.26. The monoisotopic (exact) mass is 270 g/mol. The van der Waals surface area contributed by atoms with Gasteiger partial charge < -0.3 is 10.3 Å². The van der Waals surface area contributed by atoms with E-state index in [2.05, 4.69) is 0 Å². The zero-order chi connectivity index (χ0) is 13.0. The molecule has 0 amide bonds. The van der Waals surface area contributed by atoms with E-state index < -0.39 is 11.2 Å². The van der Waals surface area contributed by atoms with E-state index in [4.69, 9.17) is 11.0 Å². The van der Waals surface area contributed by atoms with E-state index in [9.17, 15) is 9.35 Å². The molecule has 92 valence electrons. The van der Waals surface area contributed by atoms with Gasteiger partial charge >= 0.3 is 0 Å². The Kier molecular flexibility index (Phi) is 5.00. The Balaban J connectivity index is 3.11. The third kappa shape index (κ3) is 3.00. The summed E-state index contributed by atoms with van der Waals surface area (Å²) in [5, 5.41) is 9.00. The first kappa shape index (κ1) is 14.0. The molecule has 1 unspecified atom stereocenters. The molecule has 1 heterocycles. The number of rotatable bonds is 5. The Hall–Kier alpha value is -1.03. The second kappa shape index (κ2) is 6.05. The predicted molar refractivity (Wildman–Crippen MR) is 69.6 cm³/mol. The first-order valence-corrected chi connectivity index (χ1v) is 7.38. The third-order valence-corrected chi connectivity index (χ3v) is 5.42. The standard InChI is InChI=1S/C11H14N2O2S2/c1-3-4-5-17(15)11-8(6-12)9(13)10(16-11)7(2)14/h3-5,13H2,1-2H3. The van der Waals surface area contributed by atoms with Gasteiger partial charge in [-0.2, -0.15) is 5.26 Å². The number of nitrogens with two attached hydrogens (primary N) is 1. The highest BCUT2D eigenvalue weighted by molar-refractivity contribution is 7.93. The molecule has 0 aromatic carbocycles. The van der Waals surface area contributed by atoms with Gasteiger partial charge in [-0.25, -0.2) is 0 Å². The maximum atomic E-state index is 12.0. The Labute approximate surface area is 108 Å². The summed E-state index contributed by atoms with van der Waals surface area (Å²) < 4.78 is 12.4. The number of hydrogen-bond donors (Lipinski definition) is 1. The van der Waals surface area contributed by atoms with Crippen LogP contribution >= 0.6 is 11.3 Å². The van der Waals surface area contributed by atoms with E-state index in [1.54, 1.807) is 0 Å². The van der Waals surface area contributed by atoms with E-state index >= 15 is 0 Å². The maximum absolute atomic E-state index is 12.0. The number of unbranched alkanes of at least 4 members (excludes halogenated alkanes) is 1. The van der Waals surface area contributed by atoms with Gasteiger partial charge in [-0.1, -0.05) is 24.7 Å². The summed E-state index contributed by atoms with van der Waals surface area (Å²) >= 11 is -0.157. The quantitative estimate of drug-likeness (QED) is 0.656. The number of nitrogen functional groups attached to an aromatic ring is 1. The van der Waals surface area contributed by atoms with Crippen molar-refractivity contribution in [2.45, 2.75) is 30.9 Å². The molecule has 0 fully saturated rings. The lowest BCUT2D eigenvalue weighted by Gasteiger charge is -2.07. The summed E-state index contributed by atoms with van der Waals surface area (Å²) in [5.74, 6) is 0.311. The minimum Gasteiger partial charge on any atom is -0.611 e. The van der Waals surface area contributed by atoms with E-state index in [0.717, 1.165) is 24.2 Å². The van der Waals surface area contributed by atoms with Crippen LogP contribution in [0.2, 0.25) is 0 Å². The molecule has 1 aromatic rings. The maximum Gasteiger partial charge on any atom is 0.227 e. The fourth-order valence-electron chi connectivity index (χ4n) is 1.32. The molecule has 0 radical (unpaired) electrons. The van der Waals surface area contributed by atoms with Crippen LogP contribution in [0.4, 0.5) is 5.69 Å². The number of hydrogen-bond acceptors (Lipinski definition) is 5. The molecule has 0 aliphatic rings. The summed E-state index contributed by atoms with van der Waals surface area (Å²) in [6, 6.07) is 1.94. The van der Waals surface area contributed by atoms with Crippen LogP contribution in [-0.2, 0) is 11.2 Å². The Bertz CT molecular complexity index is 463. The fourth-order valence-corrected chi connectivity index (χ4v) is 4.11. The largest absolute Gasteiger partial charge is 0.611 e. The molecular weight excluding hydrogens is 256 g/mol. The highest BCUT2D eigenvalue weighted by atomic mass is 32.2. The highest BCUT2D eigenvalue weighted by Crippen LogP contribution is 2.35. The lowest BCUT2D eigenvalue weighted by atomic mass is 10.2. The number of carbonyl (C=O) groups excluding carboxylic acids is 1. The molecule has 0 aliphatic carbocycles. The lowest BCUT2D eigenvalue weighted by molar-refractivity contribution is 0.102. The number of nitrogens with zero attached hydrogens (tertiary/aromatic N) is 1. The van der Waals surface area contributed by atoms with Gasteiger partial charge in [-0.3, -0.25) is 4.79 Å². The zero-order valence-electron chi connectivity index (χ0n) is 9.78. The normalized spacial score (nSPS) is 12.1. The lowest BCUT2D eigenvalue weighted by Crippen LogP contribution is -2.06. The van der Waals surface area contributed by atoms with Crippen molar-refractivity contribution in [1.29, 1.82) is 5.26 Å². The minimum atomic E-state index is -1.24. The summed E-state index contributed by atoms with van der Waals surface area (Å²) in [4.78, 5) is 11.6. The van der Waals surface area contributed by atoms with Gasteiger partial charge in [0.05, 0.1) is 10.6 Å². The van der Waals surface area contributed by atoms with Crippen molar-refractivity contribution in [1.82, 2.24) is 0 Å². The Morgan fingerprint density at radius 1 is 1.65 bits per heavy atom. The van der Waals surface area contributed by atoms with Crippen LogP contribution in [0, 0.1) is 11.3 Å². The molecule has 2 N–H and O–H groups in total. The molecule has 0 aliphatic heterocycles. The molecule has 0 spiro atoms. The number of anilines is 1. The number of carbonyl (C=O) groups is 1. The van der Waals surface area contributed by atoms with Crippen LogP contribution in [0.25, 0.3) is 0 Å². The van der Waals surface area contributed by atoms with E-state index in [1.807, 2.05) is 13.0 Å². The molecule has 0 saturated heterocycles. The van der Waals surface area contributed by atoms with Gasteiger partial charge in [0.2, 0.25) is 4.21 Å². The summed E-state index contributed by atoms with van der Waals surface area (Å²) in [5.41, 5.74) is 6.09. The second-order valence-corrected chi connectivity index (χ2v) is 6.37. The van der Waals surface area contributed by atoms with Crippen LogP contribution in [-0.4, -0.2) is 16.1 Å². The van der Waals surface area contributed by atoms with Gasteiger partial charge in [0.1, 0.15) is 17.4 Å². The zero-order valence-corrected chi connectivity index (χ0v) is 11.4. The molecule has 1 rings (SSSR count). The third-order valence-electron chi connectivity index (χ3n) is 2.23. The van der Waals surface area contributed by atoms with Gasteiger partial charge in [0.25, 0.3) is 0 Å². The number of thiophene rings is 1. The van der Waals surface area contributed by atoms with Crippen LogP contribution < -0.4 is 5.73 Å². The topological polar surface area (TPSA) is 89.9 Å². The molecule has 1 atom stereocenters. The summed E-state index contributed by atoms with van der Waals surface area (Å²) in [6.45, 7) is 3.40. The van der Waals surface area contributed by atoms with Crippen molar-refractivity contribution in [3.63, 3.8) is 0 Å². The van der Waals surface area contributed by atoms with Gasteiger partial charge in [-0.05, 0) is 17.6 Å². The molecule has 1 aromatic heterocycles. The molecule has 4 nitrogen and oxygen atoms in total. The van der Waals surface area contributed by atoms with Crippen LogP contribution in [0.1, 0.15) is 41.9 Å². The number of nitriles is 1. The van der Waals surface area contributed by atoms with E-state index in [-0.39, 0.29) is 17.0 Å². The van der Waals surface area contributed by atoms with Crippen molar-refractivity contribution in [3.8, 4) is 6.07 Å². The van der Waals surface area contributed by atoms with Crippen molar-refractivity contribution in [3.05, 3.63) is 10.4 Å². The summed E-state index contributed by atoms with van der Waals surface area (Å²) in [6.07, 6.45) is 1.76. The van der Waals surface area contributed by atoms with Crippen LogP contribution in [0.15, 0.2) is 4.21 Å². The smallest absolute Gasteiger partial charge is 0.227 e. The van der Waals surface area contributed by atoms with Crippen molar-refractivity contribution in [2.75, 3.05) is 11.5 Å². The Morgan fingerprint density at radius 3 is 2.76 bits per heavy atom.